The Kier molecular flexibility index (Phi) is 7.67. The van der Waals surface area contributed by atoms with Gasteiger partial charge in [-0.25, -0.2) is 9.78 Å². The van der Waals surface area contributed by atoms with Gasteiger partial charge in [0.05, 0.1) is 30.8 Å². The SMILES string of the molecule is CNc1ccc2c(c1)C(F)(F)c1cc(-c3ccc4nc(C5C[C@@H]6CCCC[C@@H]6N5C(=O)C(COC)NC(=O)OC)[nH]c4c3)ccc1-2. The highest BCUT2D eigenvalue weighted by molar-refractivity contribution is 5.88. The van der Waals surface area contributed by atoms with E-state index in [1.807, 2.05) is 35.2 Å². The highest BCUT2D eigenvalue weighted by atomic mass is 19.3. The van der Waals surface area contributed by atoms with Gasteiger partial charge < -0.3 is 30.0 Å². The zero-order valence-electron chi connectivity index (χ0n) is 26.0. The van der Waals surface area contributed by atoms with Crippen LogP contribution in [0.1, 0.15) is 55.1 Å². The van der Waals surface area contributed by atoms with Crippen molar-refractivity contribution in [2.24, 2.45) is 5.92 Å². The Bertz CT molecular complexity index is 1820. The van der Waals surface area contributed by atoms with Crippen LogP contribution in [0.25, 0.3) is 33.3 Å². The number of aromatic nitrogens is 2. The monoisotopic (exact) mass is 629 g/mol. The molecule has 2 heterocycles. The number of nitrogens with zero attached hydrogens (tertiary/aromatic N) is 2. The second-order valence-electron chi connectivity index (χ2n) is 12.5. The minimum absolute atomic E-state index is 0.00548. The van der Waals surface area contributed by atoms with Gasteiger partial charge in [-0.3, -0.25) is 4.79 Å². The molecule has 240 valence electrons. The second-order valence-corrected chi connectivity index (χ2v) is 12.5. The van der Waals surface area contributed by atoms with Crippen LogP contribution in [0.2, 0.25) is 0 Å². The van der Waals surface area contributed by atoms with E-state index in [1.165, 1.54) is 20.3 Å². The highest BCUT2D eigenvalue weighted by Gasteiger charge is 2.48. The summed E-state index contributed by atoms with van der Waals surface area (Å²) in [5, 5.41) is 5.58. The predicted molar refractivity (Wildman–Crippen MR) is 171 cm³/mol. The molecule has 11 heteroatoms. The van der Waals surface area contributed by atoms with Crippen LogP contribution in [0.4, 0.5) is 19.3 Å². The number of halogens is 2. The number of imidazole rings is 1. The third kappa shape index (κ3) is 4.97. The Morgan fingerprint density at radius 3 is 2.50 bits per heavy atom. The molecule has 46 heavy (non-hydrogen) atoms. The van der Waals surface area contributed by atoms with Crippen molar-refractivity contribution in [3.05, 3.63) is 71.5 Å². The molecule has 7 rings (SSSR count). The van der Waals surface area contributed by atoms with Gasteiger partial charge in [0, 0.05) is 37.0 Å². The van der Waals surface area contributed by atoms with Crippen molar-refractivity contribution in [3.8, 4) is 22.3 Å². The molecule has 3 N–H and O–H groups in total. The molecule has 2 fully saturated rings. The average Bonchev–Trinajstić information content (AvgIpc) is 3.74. The summed E-state index contributed by atoms with van der Waals surface area (Å²) in [7, 11) is 4.46. The lowest BCUT2D eigenvalue weighted by molar-refractivity contribution is -0.138. The van der Waals surface area contributed by atoms with Crippen molar-refractivity contribution in [3.63, 3.8) is 0 Å². The number of aromatic amines is 1. The number of alkyl halides is 2. The third-order valence-electron chi connectivity index (χ3n) is 9.90. The number of alkyl carbamates (subject to hydrolysis) is 1. The number of hydrogen-bond acceptors (Lipinski definition) is 6. The van der Waals surface area contributed by atoms with Crippen molar-refractivity contribution in [1.82, 2.24) is 20.2 Å². The lowest BCUT2D eigenvalue weighted by Crippen LogP contribution is -2.53. The number of amides is 2. The molecule has 1 aliphatic heterocycles. The fourth-order valence-electron chi connectivity index (χ4n) is 7.67. The normalized spacial score (nSPS) is 21.8. The van der Waals surface area contributed by atoms with Crippen LogP contribution >= 0.6 is 0 Å². The maximum Gasteiger partial charge on any atom is 0.407 e. The van der Waals surface area contributed by atoms with Crippen LogP contribution in [0.3, 0.4) is 0 Å². The number of fused-ring (bicyclic) bond motifs is 5. The largest absolute Gasteiger partial charge is 0.453 e. The zero-order valence-corrected chi connectivity index (χ0v) is 26.0. The van der Waals surface area contributed by atoms with E-state index in [-0.39, 0.29) is 35.7 Å². The first-order valence-electron chi connectivity index (χ1n) is 15.7. The molecule has 0 spiro atoms. The van der Waals surface area contributed by atoms with Crippen LogP contribution in [0, 0.1) is 5.92 Å². The van der Waals surface area contributed by atoms with Gasteiger partial charge in [-0.2, -0.15) is 8.78 Å². The number of likely N-dealkylation sites (tertiary alicyclic amines) is 1. The molecular formula is C35H37F2N5O4. The van der Waals surface area contributed by atoms with Crippen LogP contribution in [-0.2, 0) is 20.2 Å². The quantitative estimate of drug-likeness (QED) is 0.213. The standard InChI is InChI=1S/C35H37F2N5O4/c1-38-22-10-12-24-23-11-8-19(14-25(23)35(36,37)26(24)17-22)20-9-13-27-28(15-20)40-32(39-27)31-16-21-6-4-5-7-30(21)42(31)33(43)29(18-45-2)41-34(44)46-3/h8-15,17,21,29-31,38H,4-7,16,18H2,1-3H3,(H,39,40)(H,41,44)/t21-,29?,30-,31?/m0/s1. The molecule has 2 amide bonds. The Hall–Kier alpha value is -4.51. The van der Waals surface area contributed by atoms with Gasteiger partial charge in [0.25, 0.3) is 5.92 Å². The molecule has 0 radical (unpaired) electrons. The van der Waals surface area contributed by atoms with Crippen molar-refractivity contribution in [2.45, 2.75) is 56.2 Å². The first-order valence-corrected chi connectivity index (χ1v) is 15.7. The van der Waals surface area contributed by atoms with Gasteiger partial charge in [0.2, 0.25) is 5.91 Å². The van der Waals surface area contributed by atoms with Gasteiger partial charge in [-0.05, 0) is 77.8 Å². The van der Waals surface area contributed by atoms with Crippen molar-refractivity contribution in [2.75, 3.05) is 33.2 Å². The van der Waals surface area contributed by atoms with Crippen LogP contribution in [0.15, 0.2) is 54.6 Å². The van der Waals surface area contributed by atoms with Gasteiger partial charge in [-0.1, -0.05) is 37.1 Å². The summed E-state index contributed by atoms with van der Waals surface area (Å²) >= 11 is 0. The van der Waals surface area contributed by atoms with Gasteiger partial charge in [0.15, 0.2) is 0 Å². The number of methoxy groups -OCH3 is 2. The number of rotatable bonds is 7. The lowest BCUT2D eigenvalue weighted by Gasteiger charge is -2.35. The van der Waals surface area contributed by atoms with Crippen molar-refractivity contribution >= 4 is 28.7 Å². The minimum atomic E-state index is -3.11. The van der Waals surface area contributed by atoms with E-state index in [0.717, 1.165) is 48.7 Å². The topological polar surface area (TPSA) is 109 Å². The number of H-pyrrole nitrogens is 1. The highest BCUT2D eigenvalue weighted by Crippen LogP contribution is 2.52. The van der Waals surface area contributed by atoms with E-state index in [9.17, 15) is 9.59 Å². The lowest BCUT2D eigenvalue weighted by atomic mass is 9.84. The Labute approximate surface area is 265 Å². The third-order valence-corrected chi connectivity index (χ3v) is 9.90. The summed E-state index contributed by atoms with van der Waals surface area (Å²) in [5.41, 5.74) is 4.66. The van der Waals surface area contributed by atoms with E-state index in [4.69, 9.17) is 14.5 Å². The number of ether oxygens (including phenoxy) is 2. The maximum absolute atomic E-state index is 15.7. The number of carbonyl (C=O) groups is 2. The fraction of sp³-hybridized carbons (Fsp3) is 0.400. The van der Waals surface area contributed by atoms with Crippen LogP contribution in [-0.4, -0.2) is 66.8 Å². The molecule has 1 aromatic heterocycles. The van der Waals surface area contributed by atoms with E-state index in [0.29, 0.717) is 34.1 Å². The molecule has 9 nitrogen and oxygen atoms in total. The Morgan fingerprint density at radius 2 is 1.74 bits per heavy atom. The van der Waals surface area contributed by atoms with E-state index in [1.54, 1.807) is 25.2 Å². The summed E-state index contributed by atoms with van der Waals surface area (Å²) in [4.78, 5) is 36.3. The fourth-order valence-corrected chi connectivity index (χ4v) is 7.67. The molecule has 1 saturated carbocycles. The summed E-state index contributed by atoms with van der Waals surface area (Å²) < 4.78 is 41.4. The van der Waals surface area contributed by atoms with Crippen LogP contribution in [0.5, 0.6) is 0 Å². The number of carbonyl (C=O) groups excluding carboxylic acids is 2. The smallest absolute Gasteiger partial charge is 0.407 e. The van der Waals surface area contributed by atoms with Gasteiger partial charge in [0.1, 0.15) is 11.9 Å². The molecule has 0 bridgehead atoms. The predicted octanol–water partition coefficient (Wildman–Crippen LogP) is 6.60. The minimum Gasteiger partial charge on any atom is -0.453 e. The first kappa shape index (κ1) is 30.2. The molecule has 4 atom stereocenters. The summed E-state index contributed by atoms with van der Waals surface area (Å²) in [6, 6.07) is 14.8. The maximum atomic E-state index is 15.7. The summed E-state index contributed by atoms with van der Waals surface area (Å²) in [6.45, 7) is 0.0135. The van der Waals surface area contributed by atoms with E-state index >= 15 is 8.78 Å². The van der Waals surface area contributed by atoms with Crippen molar-refractivity contribution in [1.29, 1.82) is 0 Å². The molecule has 3 aromatic carbocycles. The molecule has 3 aliphatic rings. The van der Waals surface area contributed by atoms with Gasteiger partial charge >= 0.3 is 6.09 Å². The molecule has 1 saturated heterocycles. The molecule has 2 aliphatic carbocycles. The second kappa shape index (κ2) is 11.7. The van der Waals surface area contributed by atoms with Crippen molar-refractivity contribution < 1.29 is 27.8 Å². The number of anilines is 1. The molecule has 4 aromatic rings. The van der Waals surface area contributed by atoms with Crippen LogP contribution < -0.4 is 10.6 Å². The Morgan fingerprint density at radius 1 is 1.02 bits per heavy atom. The number of benzene rings is 3. The number of hydrogen-bond donors (Lipinski definition) is 3. The average molecular weight is 630 g/mol. The Balaban J connectivity index is 1.21. The number of nitrogens with one attached hydrogen (secondary N) is 3. The molecular weight excluding hydrogens is 592 g/mol. The molecule has 2 unspecified atom stereocenters. The first-order chi connectivity index (χ1) is 22.2. The summed E-state index contributed by atoms with van der Waals surface area (Å²) in [6.07, 6.45) is 4.12. The van der Waals surface area contributed by atoms with Gasteiger partial charge in [-0.15, -0.1) is 0 Å². The van der Waals surface area contributed by atoms with E-state index < -0.39 is 18.1 Å². The van der Waals surface area contributed by atoms with E-state index in [2.05, 4.69) is 15.6 Å². The zero-order chi connectivity index (χ0) is 32.2. The summed E-state index contributed by atoms with van der Waals surface area (Å²) in [5.74, 6) is -2.35.